The zero-order valence-electron chi connectivity index (χ0n) is 15.0. The van der Waals surface area contributed by atoms with Gasteiger partial charge in [-0.2, -0.15) is 5.26 Å². The first-order valence-electron chi connectivity index (χ1n) is 8.61. The third-order valence-corrected chi connectivity index (χ3v) is 5.03. The molecule has 8 nitrogen and oxygen atoms in total. The summed E-state index contributed by atoms with van der Waals surface area (Å²) in [6.45, 7) is 1.03. The van der Waals surface area contributed by atoms with Gasteiger partial charge in [0.1, 0.15) is 29.9 Å². The number of thiazole rings is 1. The zero-order valence-corrected chi connectivity index (χ0v) is 15.8. The first-order valence-corrected chi connectivity index (χ1v) is 9.49. The van der Waals surface area contributed by atoms with Crippen LogP contribution in [0.5, 0.6) is 11.5 Å². The number of benzene rings is 2. The summed E-state index contributed by atoms with van der Waals surface area (Å²) in [6, 6.07) is 13.7. The minimum absolute atomic E-state index is 0.0189. The molecule has 2 heterocycles. The summed E-state index contributed by atoms with van der Waals surface area (Å²) in [5, 5.41) is 25.7. The molecule has 144 valence electrons. The van der Waals surface area contributed by atoms with Gasteiger partial charge in [-0.3, -0.25) is 10.1 Å². The number of aromatic nitrogens is 1. The molecule has 2 aromatic carbocycles. The Hall–Kier alpha value is -3.90. The number of hydrogen-bond donors (Lipinski definition) is 1. The van der Waals surface area contributed by atoms with Crippen molar-refractivity contribution in [2.75, 3.05) is 18.5 Å². The van der Waals surface area contributed by atoms with Gasteiger partial charge in [0.15, 0.2) is 11.5 Å². The number of ether oxygens (including phenoxy) is 2. The van der Waals surface area contributed by atoms with Crippen LogP contribution < -0.4 is 14.8 Å². The first kappa shape index (κ1) is 18.5. The number of allylic oxidation sites excluding steroid dienone is 1. The molecule has 1 aliphatic heterocycles. The van der Waals surface area contributed by atoms with E-state index in [9.17, 15) is 15.4 Å². The molecule has 0 amide bonds. The predicted molar refractivity (Wildman–Crippen MR) is 109 cm³/mol. The third kappa shape index (κ3) is 4.02. The number of nitrogens with one attached hydrogen (secondary N) is 1. The number of hydrogen-bond acceptors (Lipinski definition) is 8. The van der Waals surface area contributed by atoms with Gasteiger partial charge in [0.25, 0.3) is 5.69 Å². The van der Waals surface area contributed by atoms with E-state index in [0.29, 0.717) is 41.0 Å². The molecule has 4 rings (SSSR count). The molecule has 1 aliphatic rings. The van der Waals surface area contributed by atoms with Crippen LogP contribution in [0.1, 0.15) is 5.01 Å². The van der Waals surface area contributed by atoms with Crippen molar-refractivity contribution in [2.45, 2.75) is 0 Å². The normalized spacial score (nSPS) is 12.9. The fraction of sp³-hybridized carbons (Fsp3) is 0.100. The lowest BCUT2D eigenvalue weighted by atomic mass is 10.1. The molecule has 0 aliphatic carbocycles. The van der Waals surface area contributed by atoms with Gasteiger partial charge in [-0.05, 0) is 24.3 Å². The van der Waals surface area contributed by atoms with Crippen molar-refractivity contribution < 1.29 is 14.4 Å². The summed E-state index contributed by atoms with van der Waals surface area (Å²) < 4.78 is 11.0. The number of rotatable bonds is 5. The van der Waals surface area contributed by atoms with E-state index in [2.05, 4.69) is 16.4 Å². The van der Waals surface area contributed by atoms with E-state index < -0.39 is 4.92 Å². The number of nitrogens with zero attached hydrogens (tertiary/aromatic N) is 3. The van der Waals surface area contributed by atoms with Gasteiger partial charge < -0.3 is 14.8 Å². The highest BCUT2D eigenvalue weighted by molar-refractivity contribution is 7.11. The lowest BCUT2D eigenvalue weighted by Crippen LogP contribution is -2.15. The maximum Gasteiger partial charge on any atom is 0.269 e. The number of non-ortho nitro benzene ring substituents is 1. The van der Waals surface area contributed by atoms with E-state index >= 15 is 0 Å². The lowest BCUT2D eigenvalue weighted by Gasteiger charge is -2.18. The van der Waals surface area contributed by atoms with Gasteiger partial charge >= 0.3 is 0 Å². The van der Waals surface area contributed by atoms with Crippen LogP contribution in [0.15, 0.2) is 54.0 Å². The molecule has 0 unspecified atom stereocenters. The zero-order chi connectivity index (χ0) is 20.2. The summed E-state index contributed by atoms with van der Waals surface area (Å²) in [5.41, 5.74) is 2.55. The van der Waals surface area contributed by atoms with E-state index in [0.717, 1.165) is 11.3 Å². The summed E-state index contributed by atoms with van der Waals surface area (Å²) in [6.07, 6.45) is 1.59. The minimum Gasteiger partial charge on any atom is -0.486 e. The van der Waals surface area contributed by atoms with Gasteiger partial charge in [0.05, 0.1) is 10.6 Å². The molecular formula is C20H14N4O4S. The molecule has 3 aromatic rings. The van der Waals surface area contributed by atoms with Gasteiger partial charge in [-0.25, -0.2) is 4.98 Å². The molecule has 29 heavy (non-hydrogen) atoms. The molecule has 0 fully saturated rings. The second kappa shape index (κ2) is 8.00. The maximum atomic E-state index is 10.8. The second-order valence-corrected chi connectivity index (χ2v) is 6.87. The number of nitro benzene ring substituents is 1. The van der Waals surface area contributed by atoms with Crippen LogP contribution in [-0.4, -0.2) is 23.1 Å². The van der Waals surface area contributed by atoms with Crippen LogP contribution in [0.2, 0.25) is 0 Å². The smallest absolute Gasteiger partial charge is 0.269 e. The Morgan fingerprint density at radius 2 is 1.97 bits per heavy atom. The highest BCUT2D eigenvalue weighted by Gasteiger charge is 2.13. The molecule has 9 heteroatoms. The van der Waals surface area contributed by atoms with Gasteiger partial charge in [0.2, 0.25) is 0 Å². The summed E-state index contributed by atoms with van der Waals surface area (Å²) in [7, 11) is 0. The molecule has 0 saturated heterocycles. The Morgan fingerprint density at radius 1 is 1.21 bits per heavy atom. The Bertz CT molecular complexity index is 1130. The molecule has 0 atom stereocenters. The van der Waals surface area contributed by atoms with Crippen molar-refractivity contribution in [3.63, 3.8) is 0 Å². The van der Waals surface area contributed by atoms with Crippen molar-refractivity contribution in [2.24, 2.45) is 0 Å². The minimum atomic E-state index is -0.448. The van der Waals surface area contributed by atoms with Gasteiger partial charge in [-0.1, -0.05) is 0 Å². The van der Waals surface area contributed by atoms with Gasteiger partial charge in [-0.15, -0.1) is 11.3 Å². The van der Waals surface area contributed by atoms with Crippen molar-refractivity contribution >= 4 is 28.3 Å². The van der Waals surface area contributed by atoms with Crippen molar-refractivity contribution in [1.82, 2.24) is 4.98 Å². The topological polar surface area (TPSA) is 110 Å². The molecule has 1 N–H and O–H groups in total. The predicted octanol–water partition coefficient (Wildman–Crippen LogP) is 4.47. The average molecular weight is 406 g/mol. The van der Waals surface area contributed by atoms with Crippen LogP contribution in [0.3, 0.4) is 0 Å². The lowest BCUT2D eigenvalue weighted by molar-refractivity contribution is -0.384. The summed E-state index contributed by atoms with van der Waals surface area (Å²) in [5.74, 6) is 1.35. The number of nitro groups is 1. The second-order valence-electron chi connectivity index (χ2n) is 6.01. The fourth-order valence-electron chi connectivity index (χ4n) is 2.71. The van der Waals surface area contributed by atoms with Gasteiger partial charge in [0, 0.05) is 41.0 Å². The van der Waals surface area contributed by atoms with Crippen molar-refractivity contribution in [3.8, 4) is 28.8 Å². The van der Waals surface area contributed by atoms with Crippen LogP contribution in [0.25, 0.3) is 16.8 Å². The average Bonchev–Trinajstić information content (AvgIpc) is 3.24. The number of nitriles is 1. The molecule has 0 saturated carbocycles. The highest BCUT2D eigenvalue weighted by atomic mass is 32.1. The largest absolute Gasteiger partial charge is 0.486 e. The maximum absolute atomic E-state index is 10.8. The molecule has 0 radical (unpaired) electrons. The molecule has 0 bridgehead atoms. The third-order valence-electron chi connectivity index (χ3n) is 4.15. The van der Waals surface area contributed by atoms with E-state index in [4.69, 9.17) is 9.47 Å². The SMILES string of the molecule is N#C/C(=C\Nc1ccc2c(c1)OCCO2)c1nc(-c2ccc([N+](=O)[O-])cc2)cs1. The van der Waals surface area contributed by atoms with Crippen LogP contribution in [0, 0.1) is 21.4 Å². The van der Waals surface area contributed by atoms with Crippen LogP contribution >= 0.6 is 11.3 Å². The van der Waals surface area contributed by atoms with E-state index in [1.807, 2.05) is 23.6 Å². The first-order chi connectivity index (χ1) is 14.1. The summed E-state index contributed by atoms with van der Waals surface area (Å²) in [4.78, 5) is 14.8. The highest BCUT2D eigenvalue weighted by Crippen LogP contribution is 2.33. The van der Waals surface area contributed by atoms with E-state index in [1.54, 1.807) is 18.3 Å². The molecule has 1 aromatic heterocycles. The van der Waals surface area contributed by atoms with E-state index in [1.165, 1.54) is 23.5 Å². The quantitative estimate of drug-likeness (QED) is 0.378. The van der Waals surface area contributed by atoms with Crippen molar-refractivity contribution in [1.29, 1.82) is 5.26 Å². The monoisotopic (exact) mass is 406 g/mol. The standard InChI is InChI=1S/C20H14N4O4S/c21-10-14(11-22-15-3-6-18-19(9-15)28-8-7-27-18)20-23-17(12-29-20)13-1-4-16(5-2-13)24(25)26/h1-6,9,11-12,22H,7-8H2/b14-11+. The number of anilines is 1. The fourth-order valence-corrected chi connectivity index (χ4v) is 3.51. The number of fused-ring (bicyclic) bond motifs is 1. The Labute approximate surface area is 169 Å². The van der Waals surface area contributed by atoms with Crippen molar-refractivity contribution in [3.05, 3.63) is 69.2 Å². The van der Waals surface area contributed by atoms with E-state index in [-0.39, 0.29) is 5.69 Å². The Kier molecular flexibility index (Phi) is 5.09. The van der Waals surface area contributed by atoms with Crippen LogP contribution in [0.4, 0.5) is 11.4 Å². The Morgan fingerprint density at radius 3 is 2.69 bits per heavy atom. The molecular weight excluding hydrogens is 392 g/mol. The summed E-state index contributed by atoms with van der Waals surface area (Å²) >= 11 is 1.33. The molecule has 0 spiro atoms. The van der Waals surface area contributed by atoms with Crippen LogP contribution in [-0.2, 0) is 0 Å². The Balaban J connectivity index is 1.52.